The van der Waals surface area contributed by atoms with Crippen molar-refractivity contribution in [2.24, 2.45) is 0 Å². The van der Waals surface area contributed by atoms with E-state index in [9.17, 15) is 13.2 Å². The van der Waals surface area contributed by atoms with Crippen molar-refractivity contribution in [3.63, 3.8) is 0 Å². The molecular weight excluding hydrogens is 181 g/mol. The number of hydrogen-bond donors (Lipinski definition) is 1. The van der Waals surface area contributed by atoms with Crippen LogP contribution in [-0.2, 0) is 12.8 Å². The number of hydrogen-bond acceptors (Lipinski definition) is 4. The van der Waals surface area contributed by atoms with Crippen molar-refractivity contribution in [1.29, 1.82) is 0 Å². The first-order valence-electron chi connectivity index (χ1n) is 2.55. The highest BCUT2D eigenvalue weighted by molar-refractivity contribution is 7.05. The highest BCUT2D eigenvalue weighted by Gasteiger charge is 2.36. The zero-order valence-corrected chi connectivity index (χ0v) is 5.91. The molecule has 0 fully saturated rings. The van der Waals surface area contributed by atoms with Crippen molar-refractivity contribution in [3.8, 4) is 0 Å². The van der Waals surface area contributed by atoms with Gasteiger partial charge in [0.1, 0.15) is 5.69 Å². The van der Waals surface area contributed by atoms with Gasteiger partial charge in [-0.1, -0.05) is 4.49 Å². The normalized spacial score (nSPS) is 12.0. The lowest BCUT2D eigenvalue weighted by molar-refractivity contribution is -0.135. The number of rotatable bonds is 1. The van der Waals surface area contributed by atoms with Crippen LogP contribution in [0.15, 0.2) is 0 Å². The van der Waals surface area contributed by atoms with Gasteiger partial charge in [0.25, 0.3) is 0 Å². The Morgan fingerprint density at radius 1 is 1.45 bits per heavy atom. The summed E-state index contributed by atoms with van der Waals surface area (Å²) in [6.45, 7) is -0.731. The molecule has 0 aliphatic rings. The highest BCUT2D eigenvalue weighted by Crippen LogP contribution is 2.33. The Labute approximate surface area is 63.6 Å². The molecule has 1 aromatic heterocycles. The topological polar surface area (TPSA) is 46.0 Å². The van der Waals surface area contributed by atoms with E-state index < -0.39 is 23.4 Å². The van der Waals surface area contributed by atoms with Crippen molar-refractivity contribution < 1.29 is 18.3 Å². The summed E-state index contributed by atoms with van der Waals surface area (Å²) in [7, 11) is 0. The van der Waals surface area contributed by atoms with Gasteiger partial charge in [0.2, 0.25) is 0 Å². The van der Waals surface area contributed by atoms with Crippen molar-refractivity contribution in [1.82, 2.24) is 9.59 Å². The fraction of sp³-hybridized carbons (Fsp3) is 0.500. The Morgan fingerprint density at radius 2 is 2.09 bits per heavy atom. The number of aliphatic hydroxyl groups is 1. The Balaban J connectivity index is 3.02. The molecule has 0 saturated heterocycles. The van der Waals surface area contributed by atoms with Gasteiger partial charge in [-0.05, 0) is 11.5 Å². The van der Waals surface area contributed by atoms with Crippen LogP contribution in [0, 0.1) is 0 Å². The largest absolute Gasteiger partial charge is 0.429 e. The van der Waals surface area contributed by atoms with Gasteiger partial charge in [-0.3, -0.25) is 0 Å². The van der Waals surface area contributed by atoms with E-state index >= 15 is 0 Å². The predicted octanol–water partition coefficient (Wildman–Crippen LogP) is 1.05. The third-order valence-electron chi connectivity index (χ3n) is 0.963. The Hall–Kier alpha value is -0.690. The average molecular weight is 184 g/mol. The standard InChI is InChI=1S/C4H3F3N2OS/c5-4(6,7)3-2(1-10)8-9-11-3/h10H,1H2. The summed E-state index contributed by atoms with van der Waals surface area (Å²) in [5.41, 5.74) is -0.414. The maximum Gasteiger partial charge on any atom is 0.429 e. The average Bonchev–Trinajstić information content (AvgIpc) is 2.31. The molecule has 0 atom stereocenters. The third-order valence-corrected chi connectivity index (χ3v) is 1.78. The monoisotopic (exact) mass is 184 g/mol. The minimum atomic E-state index is -4.45. The minimum Gasteiger partial charge on any atom is -0.390 e. The van der Waals surface area contributed by atoms with Crippen LogP contribution >= 0.6 is 11.5 Å². The molecule has 0 bridgehead atoms. The molecule has 62 valence electrons. The molecule has 1 N–H and O–H groups in total. The predicted molar refractivity (Wildman–Crippen MR) is 30.8 cm³/mol. The zero-order valence-electron chi connectivity index (χ0n) is 5.09. The van der Waals surface area contributed by atoms with Gasteiger partial charge in [-0.25, -0.2) is 0 Å². The minimum absolute atomic E-state index is 0.235. The molecule has 3 nitrogen and oxygen atoms in total. The Bertz CT molecular complexity index is 246. The van der Waals surface area contributed by atoms with Crippen LogP contribution in [0.4, 0.5) is 13.2 Å². The number of nitrogens with zero attached hydrogens (tertiary/aromatic N) is 2. The maximum atomic E-state index is 11.9. The van der Waals surface area contributed by atoms with Crippen LogP contribution in [0.25, 0.3) is 0 Å². The van der Waals surface area contributed by atoms with Crippen molar-refractivity contribution in [3.05, 3.63) is 10.6 Å². The summed E-state index contributed by atoms with van der Waals surface area (Å²) in [6.07, 6.45) is -4.45. The Kier molecular flexibility index (Phi) is 2.10. The lowest BCUT2D eigenvalue weighted by Gasteiger charge is -2.01. The molecular formula is C4H3F3N2OS. The lowest BCUT2D eigenvalue weighted by Crippen LogP contribution is -2.05. The van der Waals surface area contributed by atoms with Crippen LogP contribution in [-0.4, -0.2) is 14.7 Å². The smallest absolute Gasteiger partial charge is 0.390 e. The molecule has 11 heavy (non-hydrogen) atoms. The first-order chi connectivity index (χ1) is 5.05. The van der Waals surface area contributed by atoms with Gasteiger partial charge in [0.05, 0.1) is 6.61 Å². The van der Waals surface area contributed by atoms with Gasteiger partial charge >= 0.3 is 6.18 Å². The molecule has 1 aromatic rings. The second kappa shape index (κ2) is 2.74. The van der Waals surface area contributed by atoms with Crippen molar-refractivity contribution >= 4 is 11.5 Å². The summed E-state index contributed by atoms with van der Waals surface area (Å²) < 4.78 is 38.7. The fourth-order valence-electron chi connectivity index (χ4n) is 0.527. The second-order valence-corrected chi connectivity index (χ2v) is 2.46. The van der Waals surface area contributed by atoms with Crippen LogP contribution in [0.1, 0.15) is 10.6 Å². The van der Waals surface area contributed by atoms with Gasteiger partial charge in [0, 0.05) is 0 Å². The summed E-state index contributed by atoms with van der Waals surface area (Å²) in [5.74, 6) is 0. The van der Waals surface area contributed by atoms with E-state index in [1.165, 1.54) is 0 Å². The molecule has 0 amide bonds. The van der Waals surface area contributed by atoms with Crippen molar-refractivity contribution in [2.45, 2.75) is 12.8 Å². The first-order valence-corrected chi connectivity index (χ1v) is 3.32. The van der Waals surface area contributed by atoms with E-state index in [-0.39, 0.29) is 11.5 Å². The fourth-order valence-corrected chi connectivity index (χ4v) is 1.06. The number of alkyl halides is 3. The molecule has 0 unspecified atom stereocenters. The summed E-state index contributed by atoms with van der Waals surface area (Å²) in [6, 6.07) is 0. The van der Waals surface area contributed by atoms with Gasteiger partial charge < -0.3 is 5.11 Å². The highest BCUT2D eigenvalue weighted by atomic mass is 32.1. The number of aliphatic hydroxyl groups excluding tert-OH is 1. The van der Waals surface area contributed by atoms with E-state index in [0.717, 1.165) is 0 Å². The third kappa shape index (κ3) is 1.66. The summed E-state index contributed by atoms with van der Waals surface area (Å²) in [5, 5.41) is 11.5. The number of aromatic nitrogens is 2. The number of halogens is 3. The molecule has 0 radical (unpaired) electrons. The molecule has 1 heterocycles. The first kappa shape index (κ1) is 8.41. The van der Waals surface area contributed by atoms with Gasteiger partial charge in [-0.15, -0.1) is 5.10 Å². The van der Waals surface area contributed by atoms with E-state index in [1.54, 1.807) is 0 Å². The van der Waals surface area contributed by atoms with Gasteiger partial charge in [-0.2, -0.15) is 13.2 Å². The molecule has 0 aliphatic heterocycles. The van der Waals surface area contributed by atoms with Crippen LogP contribution in [0.2, 0.25) is 0 Å². The second-order valence-electron chi connectivity index (χ2n) is 1.70. The SMILES string of the molecule is OCc1nnsc1C(F)(F)F. The van der Waals surface area contributed by atoms with E-state index in [1.807, 2.05) is 0 Å². The molecule has 0 saturated carbocycles. The Morgan fingerprint density at radius 3 is 2.45 bits per heavy atom. The van der Waals surface area contributed by atoms with E-state index in [2.05, 4.69) is 9.59 Å². The van der Waals surface area contributed by atoms with E-state index in [4.69, 9.17) is 5.11 Å². The molecule has 0 aromatic carbocycles. The van der Waals surface area contributed by atoms with Gasteiger partial charge in [0.15, 0.2) is 4.88 Å². The van der Waals surface area contributed by atoms with Crippen LogP contribution in [0.3, 0.4) is 0 Å². The summed E-state index contributed by atoms with van der Waals surface area (Å²) >= 11 is 0.235. The van der Waals surface area contributed by atoms with Crippen LogP contribution in [0.5, 0.6) is 0 Å². The van der Waals surface area contributed by atoms with Crippen molar-refractivity contribution in [2.75, 3.05) is 0 Å². The molecule has 1 rings (SSSR count). The quantitative estimate of drug-likeness (QED) is 0.709. The molecule has 0 spiro atoms. The maximum absolute atomic E-state index is 11.9. The molecule has 7 heteroatoms. The molecule has 0 aliphatic carbocycles. The summed E-state index contributed by atoms with van der Waals surface area (Å²) in [4.78, 5) is -0.931. The van der Waals surface area contributed by atoms with E-state index in [0.29, 0.717) is 0 Å². The van der Waals surface area contributed by atoms with Crippen LogP contribution < -0.4 is 0 Å². The zero-order chi connectivity index (χ0) is 8.48. The lowest BCUT2D eigenvalue weighted by atomic mass is 10.4.